The van der Waals surface area contributed by atoms with Crippen LogP contribution in [0.5, 0.6) is 0 Å². The molecule has 0 aliphatic heterocycles. The van der Waals surface area contributed by atoms with Crippen LogP contribution in [0.25, 0.3) is 80.7 Å². The summed E-state index contributed by atoms with van der Waals surface area (Å²) in [5, 5.41) is 7.56. The molecule has 0 saturated heterocycles. The molecule has 0 unspecified atom stereocenters. The molecule has 9 aromatic carbocycles. The van der Waals surface area contributed by atoms with Gasteiger partial charge in [-0.1, -0.05) is 152 Å². The fourth-order valence-electron chi connectivity index (χ4n) is 8.48. The zero-order valence-electron chi connectivity index (χ0n) is 29.9. The second-order valence-electron chi connectivity index (χ2n) is 14.1. The normalized spacial score (nSPS) is 11.6. The van der Waals surface area contributed by atoms with E-state index in [2.05, 4.69) is 216 Å². The summed E-state index contributed by atoms with van der Waals surface area (Å²) >= 11 is 1.87. The van der Waals surface area contributed by atoms with E-state index in [1.807, 2.05) is 11.3 Å². The first-order valence-corrected chi connectivity index (χ1v) is 19.6. The number of aromatic nitrogens is 1. The molecular weight excluding hydrogens is 685 g/mol. The quantitative estimate of drug-likeness (QED) is 0.166. The maximum atomic E-state index is 2.45. The zero-order chi connectivity index (χ0) is 36.3. The largest absolute Gasteiger partial charge is 0.309 e. The fourth-order valence-corrected chi connectivity index (χ4v) is 9.68. The number of para-hydroxylation sites is 2. The van der Waals surface area contributed by atoms with Gasteiger partial charge in [0.05, 0.1) is 27.1 Å². The van der Waals surface area contributed by atoms with Crippen LogP contribution in [0.2, 0.25) is 0 Å². The van der Waals surface area contributed by atoms with Crippen molar-refractivity contribution in [2.24, 2.45) is 0 Å². The van der Waals surface area contributed by atoms with Crippen LogP contribution in [0.15, 0.2) is 206 Å². The standard InChI is InChI=1S/C52H34N2S/c1-2-13-35(14-3-1)36-25-30-39(31-26-36)53(49-23-12-20-45-44-19-8-11-24-50(44)55-52(45)49)40-32-27-38(28-33-40)51-41-16-5-4-15-37(41)29-34-48(51)54-46-21-9-6-17-42(46)43-18-7-10-22-47(43)54/h1-34H. The molecule has 0 amide bonds. The van der Waals surface area contributed by atoms with E-state index in [-0.39, 0.29) is 0 Å². The minimum absolute atomic E-state index is 1.11. The van der Waals surface area contributed by atoms with Crippen LogP contribution in [0.1, 0.15) is 0 Å². The predicted molar refractivity (Wildman–Crippen MR) is 237 cm³/mol. The van der Waals surface area contributed by atoms with Gasteiger partial charge in [-0.2, -0.15) is 0 Å². The van der Waals surface area contributed by atoms with Crippen molar-refractivity contribution in [3.63, 3.8) is 0 Å². The molecule has 2 heterocycles. The van der Waals surface area contributed by atoms with Crippen molar-refractivity contribution >= 4 is 81.1 Å². The summed E-state index contributed by atoms with van der Waals surface area (Å²) in [5.41, 5.74) is 11.8. The van der Waals surface area contributed by atoms with E-state index in [0.29, 0.717) is 0 Å². The molecule has 0 saturated carbocycles. The number of nitrogens with zero attached hydrogens (tertiary/aromatic N) is 2. The lowest BCUT2D eigenvalue weighted by atomic mass is 9.95. The van der Waals surface area contributed by atoms with Gasteiger partial charge in [0.2, 0.25) is 0 Å². The summed E-state index contributed by atoms with van der Waals surface area (Å²) in [6.45, 7) is 0. The van der Waals surface area contributed by atoms with Gasteiger partial charge in [0.1, 0.15) is 0 Å². The highest BCUT2D eigenvalue weighted by Crippen LogP contribution is 2.46. The Labute approximate surface area is 323 Å². The first-order valence-electron chi connectivity index (χ1n) is 18.8. The van der Waals surface area contributed by atoms with Crippen molar-refractivity contribution in [1.82, 2.24) is 4.57 Å². The summed E-state index contributed by atoms with van der Waals surface area (Å²) in [5.74, 6) is 0. The highest BCUT2D eigenvalue weighted by Gasteiger charge is 2.21. The van der Waals surface area contributed by atoms with Gasteiger partial charge in [-0.25, -0.2) is 0 Å². The summed E-state index contributed by atoms with van der Waals surface area (Å²) in [4.78, 5) is 2.42. The van der Waals surface area contributed by atoms with Gasteiger partial charge in [-0.05, 0) is 82.1 Å². The molecule has 0 aliphatic carbocycles. The Morgan fingerprint density at radius 2 is 0.909 bits per heavy atom. The Morgan fingerprint density at radius 3 is 1.62 bits per heavy atom. The number of thiophene rings is 1. The van der Waals surface area contributed by atoms with Crippen molar-refractivity contribution < 1.29 is 0 Å². The lowest BCUT2D eigenvalue weighted by Gasteiger charge is -2.27. The molecule has 2 aromatic heterocycles. The molecule has 3 heteroatoms. The topological polar surface area (TPSA) is 8.17 Å². The van der Waals surface area contributed by atoms with E-state index in [1.165, 1.54) is 86.4 Å². The molecule has 0 fully saturated rings. The number of fused-ring (bicyclic) bond motifs is 7. The predicted octanol–water partition coefficient (Wildman–Crippen LogP) is 15.1. The fraction of sp³-hybridized carbons (Fsp3) is 0. The van der Waals surface area contributed by atoms with E-state index in [9.17, 15) is 0 Å². The summed E-state index contributed by atoms with van der Waals surface area (Å²) < 4.78 is 5.03. The van der Waals surface area contributed by atoms with Crippen molar-refractivity contribution in [2.45, 2.75) is 0 Å². The van der Waals surface area contributed by atoms with Gasteiger partial charge >= 0.3 is 0 Å². The van der Waals surface area contributed by atoms with Crippen LogP contribution < -0.4 is 4.90 Å². The maximum Gasteiger partial charge on any atom is 0.0640 e. The van der Waals surface area contributed by atoms with Crippen molar-refractivity contribution in [1.29, 1.82) is 0 Å². The van der Waals surface area contributed by atoms with E-state index in [1.54, 1.807) is 0 Å². The molecule has 0 atom stereocenters. The van der Waals surface area contributed by atoms with Crippen LogP contribution in [0.3, 0.4) is 0 Å². The molecule has 11 rings (SSSR count). The maximum absolute atomic E-state index is 2.45. The van der Waals surface area contributed by atoms with Crippen LogP contribution in [0.4, 0.5) is 17.1 Å². The van der Waals surface area contributed by atoms with Crippen LogP contribution in [0, 0.1) is 0 Å². The average Bonchev–Trinajstić information content (AvgIpc) is 3.81. The molecule has 0 aliphatic rings. The highest BCUT2D eigenvalue weighted by molar-refractivity contribution is 7.26. The number of hydrogen-bond donors (Lipinski definition) is 0. The third-order valence-electron chi connectivity index (χ3n) is 11.0. The minimum atomic E-state index is 1.11. The minimum Gasteiger partial charge on any atom is -0.309 e. The van der Waals surface area contributed by atoms with Crippen LogP contribution in [-0.2, 0) is 0 Å². The van der Waals surface area contributed by atoms with Crippen molar-refractivity contribution in [3.8, 4) is 27.9 Å². The Hall–Kier alpha value is -6.94. The molecule has 0 N–H and O–H groups in total. The Morgan fingerprint density at radius 1 is 0.364 bits per heavy atom. The SMILES string of the molecule is c1ccc(-c2ccc(N(c3ccc(-c4c(-n5c6ccccc6c6ccccc65)ccc5ccccc45)cc3)c3cccc4c3sc3ccccc34)cc2)cc1. The first kappa shape index (κ1) is 31.6. The lowest BCUT2D eigenvalue weighted by Crippen LogP contribution is -2.10. The van der Waals surface area contributed by atoms with Crippen LogP contribution in [-0.4, -0.2) is 4.57 Å². The first-order chi connectivity index (χ1) is 27.3. The van der Waals surface area contributed by atoms with Crippen molar-refractivity contribution in [3.05, 3.63) is 206 Å². The molecule has 11 aromatic rings. The molecule has 2 nitrogen and oxygen atoms in total. The van der Waals surface area contributed by atoms with E-state index < -0.39 is 0 Å². The molecule has 55 heavy (non-hydrogen) atoms. The summed E-state index contributed by atoms with van der Waals surface area (Å²) in [7, 11) is 0. The highest BCUT2D eigenvalue weighted by atomic mass is 32.1. The summed E-state index contributed by atoms with van der Waals surface area (Å²) in [6.07, 6.45) is 0. The molecular formula is C52H34N2S. The van der Waals surface area contributed by atoms with Gasteiger partial charge in [0.15, 0.2) is 0 Å². The second-order valence-corrected chi connectivity index (χ2v) is 15.1. The average molecular weight is 719 g/mol. The van der Waals surface area contributed by atoms with Crippen molar-refractivity contribution in [2.75, 3.05) is 4.90 Å². The number of hydrogen-bond acceptors (Lipinski definition) is 2. The Bertz CT molecular complexity index is 3140. The Kier molecular flexibility index (Phi) is 7.39. The monoisotopic (exact) mass is 718 g/mol. The molecule has 0 bridgehead atoms. The van der Waals surface area contributed by atoms with E-state index in [4.69, 9.17) is 0 Å². The number of rotatable bonds is 6. The lowest BCUT2D eigenvalue weighted by molar-refractivity contribution is 1.19. The van der Waals surface area contributed by atoms with Crippen LogP contribution >= 0.6 is 11.3 Å². The number of anilines is 3. The smallest absolute Gasteiger partial charge is 0.0640 e. The third kappa shape index (κ3) is 5.16. The van der Waals surface area contributed by atoms with Gasteiger partial charge < -0.3 is 9.47 Å². The van der Waals surface area contributed by atoms with Gasteiger partial charge in [-0.15, -0.1) is 11.3 Å². The second kappa shape index (κ2) is 12.9. The molecule has 0 spiro atoms. The van der Waals surface area contributed by atoms with E-state index in [0.717, 1.165) is 11.4 Å². The molecule has 258 valence electrons. The Balaban J connectivity index is 1.11. The number of benzene rings is 9. The van der Waals surface area contributed by atoms with Gasteiger partial charge in [-0.3, -0.25) is 0 Å². The van der Waals surface area contributed by atoms with E-state index >= 15 is 0 Å². The van der Waals surface area contributed by atoms with Gasteiger partial charge in [0, 0.05) is 43.2 Å². The molecule has 0 radical (unpaired) electrons. The third-order valence-corrected chi connectivity index (χ3v) is 12.2. The summed E-state index contributed by atoms with van der Waals surface area (Å²) in [6, 6.07) is 75.1. The van der Waals surface area contributed by atoms with Gasteiger partial charge in [0.25, 0.3) is 0 Å². The zero-order valence-corrected chi connectivity index (χ0v) is 30.7.